The first-order valence-electron chi connectivity index (χ1n) is 6.96. The average molecular weight is 274 g/mol. The number of nitriles is 1. The molecule has 1 fully saturated rings. The molecule has 0 saturated heterocycles. The minimum atomic E-state index is -0.801. The average Bonchev–Trinajstić information content (AvgIpc) is 2.44. The first kappa shape index (κ1) is 14.5. The smallest absolute Gasteiger partial charge is 0.252 e. The number of nitrogens with one attached hydrogen (secondary N) is 1. The number of halogens is 1. The lowest BCUT2D eigenvalue weighted by Gasteiger charge is -2.34. The summed E-state index contributed by atoms with van der Waals surface area (Å²) in [5.74, 6) is -0.189. The Morgan fingerprint density at radius 1 is 1.45 bits per heavy atom. The molecule has 0 aromatic heterocycles. The Kier molecular flexibility index (Phi) is 4.08. The van der Waals surface area contributed by atoms with Crippen LogP contribution in [0.4, 0.5) is 4.39 Å². The molecule has 1 saturated carbocycles. The molecular weight excluding hydrogens is 255 g/mol. The minimum Gasteiger partial charge on any atom is -0.334 e. The summed E-state index contributed by atoms with van der Waals surface area (Å²) in [7, 11) is 0. The topological polar surface area (TPSA) is 52.9 Å². The third-order valence-corrected chi connectivity index (χ3v) is 4.13. The molecule has 0 heterocycles. The third-order valence-electron chi connectivity index (χ3n) is 4.13. The van der Waals surface area contributed by atoms with Crippen LogP contribution in [-0.4, -0.2) is 11.4 Å². The fourth-order valence-electron chi connectivity index (χ4n) is 2.54. The minimum absolute atomic E-state index is 0.265. The van der Waals surface area contributed by atoms with Crippen LogP contribution in [0.25, 0.3) is 0 Å². The summed E-state index contributed by atoms with van der Waals surface area (Å²) in [4.78, 5) is 12.2. The van der Waals surface area contributed by atoms with Gasteiger partial charge in [-0.25, -0.2) is 4.39 Å². The lowest BCUT2D eigenvalue weighted by Crippen LogP contribution is -2.49. The molecule has 1 aromatic rings. The van der Waals surface area contributed by atoms with E-state index in [1.807, 2.05) is 0 Å². The van der Waals surface area contributed by atoms with Crippen molar-refractivity contribution in [1.29, 1.82) is 5.26 Å². The van der Waals surface area contributed by atoms with Crippen LogP contribution in [0.1, 0.15) is 48.5 Å². The zero-order chi connectivity index (χ0) is 14.8. The Hall–Kier alpha value is -1.89. The molecule has 1 aromatic carbocycles. The standard InChI is InChI=1S/C16H19FN2O/c1-11-5-7-16(10-18,8-6-11)19-15(20)13-4-3-12(2)14(17)9-13/h3-4,9,11H,5-8H2,1-2H3,(H,19,20). The Morgan fingerprint density at radius 2 is 2.10 bits per heavy atom. The number of aryl methyl sites for hydroxylation is 1. The SMILES string of the molecule is Cc1ccc(C(=O)NC2(C#N)CCC(C)CC2)cc1F. The number of carbonyl (C=O) groups is 1. The molecule has 3 nitrogen and oxygen atoms in total. The van der Waals surface area contributed by atoms with Crippen LogP contribution in [-0.2, 0) is 0 Å². The summed E-state index contributed by atoms with van der Waals surface area (Å²) in [5.41, 5.74) is -0.0327. The van der Waals surface area contributed by atoms with Crippen LogP contribution in [0.15, 0.2) is 18.2 Å². The molecule has 0 atom stereocenters. The van der Waals surface area contributed by atoms with Gasteiger partial charge < -0.3 is 5.32 Å². The Bertz CT molecular complexity index is 554. The van der Waals surface area contributed by atoms with Crippen molar-refractivity contribution in [1.82, 2.24) is 5.32 Å². The van der Waals surface area contributed by atoms with Gasteiger partial charge in [0.15, 0.2) is 0 Å². The van der Waals surface area contributed by atoms with Gasteiger partial charge in [0.2, 0.25) is 0 Å². The summed E-state index contributed by atoms with van der Waals surface area (Å²) < 4.78 is 13.5. The lowest BCUT2D eigenvalue weighted by atomic mass is 9.78. The molecule has 2 rings (SSSR count). The van der Waals surface area contributed by atoms with E-state index in [9.17, 15) is 14.4 Å². The van der Waals surface area contributed by atoms with Crippen molar-refractivity contribution < 1.29 is 9.18 Å². The Labute approximate surface area is 118 Å². The summed E-state index contributed by atoms with van der Waals surface area (Å²) in [6.07, 6.45) is 3.17. The van der Waals surface area contributed by atoms with Crippen molar-refractivity contribution in [2.75, 3.05) is 0 Å². The molecule has 4 heteroatoms. The van der Waals surface area contributed by atoms with Gasteiger partial charge in [-0.2, -0.15) is 5.26 Å². The van der Waals surface area contributed by atoms with E-state index >= 15 is 0 Å². The number of carbonyl (C=O) groups excluding carboxylic acids is 1. The Morgan fingerprint density at radius 3 is 2.65 bits per heavy atom. The van der Waals surface area contributed by atoms with Gasteiger partial charge >= 0.3 is 0 Å². The predicted octanol–water partition coefficient (Wildman–Crippen LogP) is 3.34. The number of rotatable bonds is 2. The maximum Gasteiger partial charge on any atom is 0.252 e. The number of amides is 1. The number of hydrogen-bond donors (Lipinski definition) is 1. The quantitative estimate of drug-likeness (QED) is 0.899. The lowest BCUT2D eigenvalue weighted by molar-refractivity contribution is 0.0893. The molecule has 1 amide bonds. The first-order valence-corrected chi connectivity index (χ1v) is 6.96. The van der Waals surface area contributed by atoms with Crippen LogP contribution in [0.5, 0.6) is 0 Å². The van der Waals surface area contributed by atoms with Gasteiger partial charge in [-0.3, -0.25) is 4.79 Å². The van der Waals surface area contributed by atoms with Gasteiger partial charge in [-0.05, 0) is 56.2 Å². The molecule has 0 aliphatic heterocycles. The fraction of sp³-hybridized carbons (Fsp3) is 0.500. The highest BCUT2D eigenvalue weighted by atomic mass is 19.1. The van der Waals surface area contributed by atoms with Gasteiger partial charge in [0.1, 0.15) is 11.4 Å². The molecule has 0 spiro atoms. The first-order chi connectivity index (χ1) is 9.46. The summed E-state index contributed by atoms with van der Waals surface area (Å²) >= 11 is 0. The van der Waals surface area contributed by atoms with E-state index in [2.05, 4.69) is 18.3 Å². The van der Waals surface area contributed by atoms with Crippen LogP contribution in [0.3, 0.4) is 0 Å². The highest BCUT2D eigenvalue weighted by Crippen LogP contribution is 2.31. The van der Waals surface area contributed by atoms with Crippen molar-refractivity contribution in [3.63, 3.8) is 0 Å². The van der Waals surface area contributed by atoms with Crippen molar-refractivity contribution in [2.45, 2.75) is 45.1 Å². The van der Waals surface area contributed by atoms with Crippen molar-refractivity contribution in [2.24, 2.45) is 5.92 Å². The summed E-state index contributed by atoms with van der Waals surface area (Å²) in [6, 6.07) is 6.63. The van der Waals surface area contributed by atoms with Gasteiger partial charge in [0, 0.05) is 5.56 Å². The maximum absolute atomic E-state index is 13.5. The van der Waals surface area contributed by atoms with Gasteiger partial charge in [-0.15, -0.1) is 0 Å². The normalized spacial score (nSPS) is 25.8. The third kappa shape index (κ3) is 2.98. The van der Waals surface area contributed by atoms with E-state index in [4.69, 9.17) is 0 Å². The second-order valence-corrected chi connectivity index (χ2v) is 5.79. The molecule has 1 aliphatic rings. The van der Waals surface area contributed by atoms with E-state index in [1.54, 1.807) is 19.1 Å². The fourth-order valence-corrected chi connectivity index (χ4v) is 2.54. The molecule has 1 aliphatic carbocycles. The largest absolute Gasteiger partial charge is 0.334 e. The highest BCUT2D eigenvalue weighted by molar-refractivity contribution is 5.95. The number of hydrogen-bond acceptors (Lipinski definition) is 2. The van der Waals surface area contributed by atoms with E-state index < -0.39 is 11.4 Å². The summed E-state index contributed by atoms with van der Waals surface area (Å²) in [6.45, 7) is 3.80. The van der Waals surface area contributed by atoms with Crippen molar-refractivity contribution >= 4 is 5.91 Å². The van der Waals surface area contributed by atoms with Gasteiger partial charge in [0.25, 0.3) is 5.91 Å². The number of benzene rings is 1. The van der Waals surface area contributed by atoms with Crippen LogP contribution in [0, 0.1) is 30.0 Å². The second-order valence-electron chi connectivity index (χ2n) is 5.79. The van der Waals surface area contributed by atoms with Crippen LogP contribution in [0.2, 0.25) is 0 Å². The van der Waals surface area contributed by atoms with Crippen LogP contribution < -0.4 is 5.32 Å². The van der Waals surface area contributed by atoms with E-state index in [0.29, 0.717) is 24.3 Å². The molecular formula is C16H19FN2O. The molecule has 0 unspecified atom stereocenters. The molecule has 1 N–H and O–H groups in total. The van der Waals surface area contributed by atoms with Crippen LogP contribution >= 0.6 is 0 Å². The molecule has 0 radical (unpaired) electrons. The monoisotopic (exact) mass is 274 g/mol. The molecule has 0 bridgehead atoms. The van der Waals surface area contributed by atoms with Crippen molar-refractivity contribution in [3.8, 4) is 6.07 Å². The van der Waals surface area contributed by atoms with Gasteiger partial charge in [-0.1, -0.05) is 13.0 Å². The van der Waals surface area contributed by atoms with E-state index in [-0.39, 0.29) is 11.5 Å². The van der Waals surface area contributed by atoms with E-state index in [0.717, 1.165) is 12.8 Å². The maximum atomic E-state index is 13.5. The zero-order valence-electron chi connectivity index (χ0n) is 11.9. The molecule has 20 heavy (non-hydrogen) atoms. The molecule has 106 valence electrons. The second kappa shape index (κ2) is 5.62. The van der Waals surface area contributed by atoms with Crippen molar-refractivity contribution in [3.05, 3.63) is 35.1 Å². The summed E-state index contributed by atoms with van der Waals surface area (Å²) in [5, 5.41) is 12.2. The highest BCUT2D eigenvalue weighted by Gasteiger charge is 2.35. The zero-order valence-corrected chi connectivity index (χ0v) is 11.9. The van der Waals surface area contributed by atoms with E-state index in [1.165, 1.54) is 6.07 Å². The Balaban J connectivity index is 2.13. The van der Waals surface area contributed by atoms with Gasteiger partial charge in [0.05, 0.1) is 6.07 Å². The number of nitrogens with zero attached hydrogens (tertiary/aromatic N) is 1. The predicted molar refractivity (Wildman–Crippen MR) is 74.6 cm³/mol.